The van der Waals surface area contributed by atoms with Crippen LogP contribution in [0.5, 0.6) is 0 Å². The molecule has 0 saturated carbocycles. The molecule has 6 nitrogen and oxygen atoms in total. The number of fused-ring (bicyclic) bond motifs is 1. The van der Waals surface area contributed by atoms with Crippen LogP contribution in [0.25, 0.3) is 11.4 Å². The van der Waals surface area contributed by atoms with E-state index in [-0.39, 0.29) is 0 Å². The van der Waals surface area contributed by atoms with E-state index in [1.165, 1.54) is 0 Å². The molecule has 0 saturated heterocycles. The molecule has 1 aliphatic rings. The molecule has 24 heavy (non-hydrogen) atoms. The summed E-state index contributed by atoms with van der Waals surface area (Å²) in [6, 6.07) is 16.0. The summed E-state index contributed by atoms with van der Waals surface area (Å²) in [6.07, 6.45) is 0. The lowest BCUT2D eigenvalue weighted by molar-refractivity contribution is 0.559. The smallest absolute Gasteiger partial charge is 0.164 e. The Morgan fingerprint density at radius 2 is 1.88 bits per heavy atom. The van der Waals surface area contributed by atoms with E-state index in [1.807, 2.05) is 49.4 Å². The second-order valence-corrected chi connectivity index (χ2v) is 5.81. The first-order valence-electron chi connectivity index (χ1n) is 7.86. The molecule has 0 spiro atoms. The van der Waals surface area contributed by atoms with Crippen LogP contribution in [-0.4, -0.2) is 26.3 Å². The summed E-state index contributed by atoms with van der Waals surface area (Å²) in [5, 5.41) is 18.0. The number of hydrogen-bond acceptors (Lipinski definition) is 5. The van der Waals surface area contributed by atoms with Crippen molar-refractivity contribution in [1.29, 1.82) is 5.26 Å². The molecule has 118 valence electrons. The average molecular weight is 316 g/mol. The van der Waals surface area contributed by atoms with Gasteiger partial charge in [0.1, 0.15) is 11.9 Å². The van der Waals surface area contributed by atoms with Crippen molar-refractivity contribution in [3.8, 4) is 17.5 Å². The number of nitriles is 1. The van der Waals surface area contributed by atoms with Gasteiger partial charge in [-0.1, -0.05) is 30.3 Å². The number of aromatic nitrogens is 4. The molecule has 0 N–H and O–H groups in total. The Labute approximate surface area is 140 Å². The van der Waals surface area contributed by atoms with Gasteiger partial charge in [-0.05, 0) is 19.1 Å². The molecule has 0 amide bonds. The van der Waals surface area contributed by atoms with Crippen LogP contribution in [-0.2, 0) is 13.1 Å². The molecule has 2 aromatic heterocycles. The number of benzene rings is 1. The Morgan fingerprint density at radius 3 is 2.67 bits per heavy atom. The van der Waals surface area contributed by atoms with Crippen molar-refractivity contribution in [3.05, 3.63) is 59.5 Å². The maximum atomic E-state index is 9.34. The minimum atomic E-state index is 0.594. The summed E-state index contributed by atoms with van der Waals surface area (Å²) in [4.78, 5) is 6.65. The van der Waals surface area contributed by atoms with E-state index in [9.17, 15) is 5.26 Å². The van der Waals surface area contributed by atoms with Crippen molar-refractivity contribution in [1.82, 2.24) is 19.7 Å². The van der Waals surface area contributed by atoms with E-state index in [4.69, 9.17) is 0 Å². The topological polar surface area (TPSA) is 70.6 Å². The van der Waals surface area contributed by atoms with Gasteiger partial charge in [0.25, 0.3) is 0 Å². The molecular weight excluding hydrogens is 300 g/mol. The first kappa shape index (κ1) is 14.4. The number of pyridine rings is 1. The highest BCUT2D eigenvalue weighted by Gasteiger charge is 2.24. The van der Waals surface area contributed by atoms with E-state index in [1.54, 1.807) is 0 Å². The van der Waals surface area contributed by atoms with Crippen LogP contribution >= 0.6 is 0 Å². The number of anilines is 1. The Kier molecular flexibility index (Phi) is 3.47. The lowest BCUT2D eigenvalue weighted by atomic mass is 10.2. The van der Waals surface area contributed by atoms with E-state index in [0.29, 0.717) is 12.1 Å². The third-order valence-corrected chi connectivity index (χ3v) is 4.22. The quantitative estimate of drug-likeness (QED) is 0.726. The van der Waals surface area contributed by atoms with Crippen molar-refractivity contribution in [2.75, 3.05) is 11.4 Å². The maximum absolute atomic E-state index is 9.34. The second kappa shape index (κ2) is 5.78. The molecule has 0 aliphatic carbocycles. The van der Waals surface area contributed by atoms with Gasteiger partial charge in [0.15, 0.2) is 11.6 Å². The van der Waals surface area contributed by atoms with Gasteiger partial charge in [-0.2, -0.15) is 5.26 Å². The van der Waals surface area contributed by atoms with E-state index >= 15 is 0 Å². The van der Waals surface area contributed by atoms with Crippen LogP contribution in [0.2, 0.25) is 0 Å². The second-order valence-electron chi connectivity index (χ2n) is 5.81. The Morgan fingerprint density at radius 1 is 1.04 bits per heavy atom. The third kappa shape index (κ3) is 2.40. The van der Waals surface area contributed by atoms with Gasteiger partial charge in [-0.15, -0.1) is 10.2 Å². The first-order chi connectivity index (χ1) is 11.8. The van der Waals surface area contributed by atoms with Gasteiger partial charge in [0.2, 0.25) is 0 Å². The van der Waals surface area contributed by atoms with Crippen molar-refractivity contribution in [3.63, 3.8) is 0 Å². The fraction of sp³-hybridized carbons (Fsp3) is 0.222. The lowest BCUT2D eigenvalue weighted by Gasteiger charge is -2.29. The number of hydrogen-bond donors (Lipinski definition) is 0. The van der Waals surface area contributed by atoms with E-state index in [0.717, 1.165) is 41.8 Å². The summed E-state index contributed by atoms with van der Waals surface area (Å²) in [6.45, 7) is 4.08. The van der Waals surface area contributed by atoms with Crippen molar-refractivity contribution >= 4 is 5.82 Å². The number of rotatable bonds is 2. The van der Waals surface area contributed by atoms with Crippen molar-refractivity contribution in [2.24, 2.45) is 0 Å². The van der Waals surface area contributed by atoms with Crippen LogP contribution in [0.15, 0.2) is 42.5 Å². The maximum Gasteiger partial charge on any atom is 0.164 e. The van der Waals surface area contributed by atoms with Gasteiger partial charge in [0, 0.05) is 24.3 Å². The standard InChI is InChI=1S/C18H16N6/c1-13-7-8-15(11-19)17(20-13)23-9-10-24-16(12-23)21-22-18(24)14-5-3-2-4-6-14/h2-8H,9-10,12H2,1H3. The van der Waals surface area contributed by atoms with Gasteiger partial charge < -0.3 is 9.47 Å². The molecule has 0 fully saturated rings. The van der Waals surface area contributed by atoms with E-state index in [2.05, 4.69) is 30.7 Å². The zero-order chi connectivity index (χ0) is 16.5. The zero-order valence-corrected chi connectivity index (χ0v) is 13.3. The van der Waals surface area contributed by atoms with Crippen molar-refractivity contribution < 1.29 is 0 Å². The summed E-state index contributed by atoms with van der Waals surface area (Å²) >= 11 is 0. The Hall–Kier alpha value is -3.20. The Bertz CT molecular complexity index is 922. The van der Waals surface area contributed by atoms with Crippen molar-refractivity contribution in [2.45, 2.75) is 20.0 Å². The molecule has 6 heteroatoms. The van der Waals surface area contributed by atoms with Gasteiger partial charge >= 0.3 is 0 Å². The molecule has 0 bridgehead atoms. The van der Waals surface area contributed by atoms with Crippen LogP contribution in [0.4, 0.5) is 5.82 Å². The molecule has 1 aliphatic heterocycles. The lowest BCUT2D eigenvalue weighted by Crippen LogP contribution is -2.35. The molecule has 0 unspecified atom stereocenters. The normalized spacial score (nSPS) is 13.4. The summed E-state index contributed by atoms with van der Waals surface area (Å²) < 4.78 is 2.15. The molecule has 0 atom stereocenters. The largest absolute Gasteiger partial charge is 0.346 e. The summed E-state index contributed by atoms with van der Waals surface area (Å²) in [5.74, 6) is 2.52. The minimum Gasteiger partial charge on any atom is -0.346 e. The number of nitrogens with zero attached hydrogens (tertiary/aromatic N) is 6. The highest BCUT2D eigenvalue weighted by atomic mass is 15.3. The highest BCUT2D eigenvalue weighted by Crippen LogP contribution is 2.25. The van der Waals surface area contributed by atoms with E-state index < -0.39 is 0 Å². The monoisotopic (exact) mass is 316 g/mol. The number of aryl methyl sites for hydroxylation is 1. The van der Waals surface area contributed by atoms with Crippen LogP contribution in [0.3, 0.4) is 0 Å². The summed E-state index contributed by atoms with van der Waals surface area (Å²) in [7, 11) is 0. The minimum absolute atomic E-state index is 0.594. The molecule has 1 aromatic carbocycles. The third-order valence-electron chi connectivity index (χ3n) is 4.22. The van der Waals surface area contributed by atoms with Crippen LogP contribution < -0.4 is 4.90 Å². The van der Waals surface area contributed by atoms with Gasteiger partial charge in [0.05, 0.1) is 12.1 Å². The Balaban J connectivity index is 1.68. The molecule has 3 heterocycles. The van der Waals surface area contributed by atoms with Gasteiger partial charge in [-0.3, -0.25) is 0 Å². The molecule has 3 aromatic rings. The fourth-order valence-corrected chi connectivity index (χ4v) is 3.01. The van der Waals surface area contributed by atoms with Crippen LogP contribution in [0, 0.1) is 18.3 Å². The predicted molar refractivity (Wildman–Crippen MR) is 90.2 cm³/mol. The first-order valence-corrected chi connectivity index (χ1v) is 7.86. The SMILES string of the molecule is Cc1ccc(C#N)c(N2CCn3c(nnc3-c3ccccc3)C2)n1. The highest BCUT2D eigenvalue weighted by molar-refractivity contribution is 5.57. The summed E-state index contributed by atoms with van der Waals surface area (Å²) in [5.41, 5.74) is 2.56. The molecule has 0 radical (unpaired) electrons. The average Bonchev–Trinajstić information content (AvgIpc) is 3.05. The zero-order valence-electron chi connectivity index (χ0n) is 13.3. The fourth-order valence-electron chi connectivity index (χ4n) is 3.01. The van der Waals surface area contributed by atoms with Gasteiger partial charge in [-0.25, -0.2) is 4.98 Å². The molecular formula is C18H16N6. The predicted octanol–water partition coefficient (Wildman–Crippen LogP) is 2.54. The molecule has 4 rings (SSSR count). The van der Waals surface area contributed by atoms with Crippen LogP contribution in [0.1, 0.15) is 17.1 Å².